The lowest BCUT2D eigenvalue weighted by molar-refractivity contribution is -0.900. The van der Waals surface area contributed by atoms with Gasteiger partial charge in [-0.15, -0.1) is 0 Å². The fraction of sp³-hybridized carbons (Fsp3) is 1.00. The lowest BCUT2D eigenvalue weighted by Crippen LogP contribution is -3.12. The highest BCUT2D eigenvalue weighted by atomic mass is 35.5. The lowest BCUT2D eigenvalue weighted by atomic mass is 9.89. The summed E-state index contributed by atoms with van der Waals surface area (Å²) in [5.74, 6) is 0. The van der Waals surface area contributed by atoms with Crippen LogP contribution in [0.4, 0.5) is 0 Å². The van der Waals surface area contributed by atoms with Crippen molar-refractivity contribution in [2.75, 3.05) is 19.6 Å². The van der Waals surface area contributed by atoms with Crippen LogP contribution in [0.1, 0.15) is 150 Å². The van der Waals surface area contributed by atoms with Crippen LogP contribution in [0.2, 0.25) is 0 Å². The Bertz CT molecular complexity index is 281. The summed E-state index contributed by atoms with van der Waals surface area (Å²) in [6.07, 6.45) is 25.9. The van der Waals surface area contributed by atoms with Gasteiger partial charge in [0.15, 0.2) is 0 Å². The van der Waals surface area contributed by atoms with E-state index in [1.165, 1.54) is 135 Å². The third-order valence-electron chi connectivity index (χ3n) is 6.22. The van der Waals surface area contributed by atoms with Gasteiger partial charge in [0, 0.05) is 0 Å². The highest BCUT2D eigenvalue weighted by Crippen LogP contribution is 2.22. The molecular weight excluding hydrogens is 374 g/mol. The van der Waals surface area contributed by atoms with Gasteiger partial charge in [0.05, 0.1) is 19.6 Å². The molecule has 0 heterocycles. The molecule has 0 fully saturated rings. The Kier molecular flexibility index (Phi) is 24.9. The van der Waals surface area contributed by atoms with E-state index >= 15 is 0 Å². The van der Waals surface area contributed by atoms with Crippen molar-refractivity contribution in [2.45, 2.75) is 150 Å². The van der Waals surface area contributed by atoms with Gasteiger partial charge in [-0.3, -0.25) is 0 Å². The number of quaternary nitrogens is 1. The zero-order valence-corrected chi connectivity index (χ0v) is 22.0. The summed E-state index contributed by atoms with van der Waals surface area (Å²) in [7, 11) is 0. The zero-order chi connectivity index (χ0) is 20.9. The SMILES string of the molecule is CCCCCCCC[NH+](CCCCCCCC)CCCCCCCC(C)(C)C.[Cl-]. The molecule has 0 radical (unpaired) electrons. The third-order valence-corrected chi connectivity index (χ3v) is 6.22. The number of halogens is 1. The Morgan fingerprint density at radius 2 is 0.759 bits per heavy atom. The Hall–Kier alpha value is 0.250. The van der Waals surface area contributed by atoms with Crippen molar-refractivity contribution >= 4 is 0 Å². The molecular formula is C27H58ClN. The van der Waals surface area contributed by atoms with Crippen molar-refractivity contribution in [2.24, 2.45) is 5.41 Å². The van der Waals surface area contributed by atoms with Crippen LogP contribution in [0.15, 0.2) is 0 Å². The quantitative estimate of drug-likeness (QED) is 0.244. The molecule has 0 aliphatic heterocycles. The Morgan fingerprint density at radius 1 is 0.448 bits per heavy atom. The molecule has 0 spiro atoms. The molecule has 0 aromatic rings. The van der Waals surface area contributed by atoms with Crippen molar-refractivity contribution in [3.8, 4) is 0 Å². The van der Waals surface area contributed by atoms with Crippen molar-refractivity contribution in [1.82, 2.24) is 0 Å². The van der Waals surface area contributed by atoms with Crippen LogP contribution in [-0.2, 0) is 0 Å². The fourth-order valence-electron chi connectivity index (χ4n) is 4.25. The van der Waals surface area contributed by atoms with Crippen molar-refractivity contribution in [3.63, 3.8) is 0 Å². The van der Waals surface area contributed by atoms with Gasteiger partial charge in [-0.25, -0.2) is 0 Å². The molecule has 0 bridgehead atoms. The Balaban J connectivity index is 0. The second-order valence-corrected chi connectivity index (χ2v) is 10.6. The van der Waals surface area contributed by atoms with Crippen LogP contribution in [0.5, 0.6) is 0 Å². The predicted molar refractivity (Wildman–Crippen MR) is 129 cm³/mol. The fourth-order valence-corrected chi connectivity index (χ4v) is 4.25. The molecule has 0 aromatic carbocycles. The summed E-state index contributed by atoms with van der Waals surface area (Å²) in [6, 6.07) is 0. The summed E-state index contributed by atoms with van der Waals surface area (Å²) in [4.78, 5) is 1.92. The molecule has 1 nitrogen and oxygen atoms in total. The molecule has 0 amide bonds. The average Bonchev–Trinajstić information content (AvgIpc) is 2.64. The number of hydrogen-bond acceptors (Lipinski definition) is 0. The molecule has 0 aliphatic carbocycles. The van der Waals surface area contributed by atoms with E-state index in [9.17, 15) is 0 Å². The number of unbranched alkanes of at least 4 members (excludes halogenated alkanes) is 14. The van der Waals surface area contributed by atoms with Gasteiger partial charge in [-0.2, -0.15) is 0 Å². The van der Waals surface area contributed by atoms with Crippen LogP contribution in [0.3, 0.4) is 0 Å². The number of rotatable bonds is 21. The largest absolute Gasteiger partial charge is 1.00 e. The first-order valence-corrected chi connectivity index (χ1v) is 13.3. The summed E-state index contributed by atoms with van der Waals surface area (Å²) in [5, 5.41) is 0. The van der Waals surface area contributed by atoms with Crippen LogP contribution >= 0.6 is 0 Å². The maximum absolute atomic E-state index is 2.37. The van der Waals surface area contributed by atoms with E-state index in [2.05, 4.69) is 34.6 Å². The number of nitrogens with one attached hydrogen (secondary N) is 1. The molecule has 0 saturated heterocycles. The molecule has 0 aliphatic rings. The van der Waals surface area contributed by atoms with Gasteiger partial charge in [0.2, 0.25) is 0 Å². The maximum atomic E-state index is 2.37. The molecule has 0 rings (SSSR count). The second kappa shape index (κ2) is 22.9. The molecule has 0 unspecified atom stereocenters. The monoisotopic (exact) mass is 431 g/mol. The van der Waals surface area contributed by atoms with Gasteiger partial charge >= 0.3 is 0 Å². The Labute approximate surface area is 192 Å². The van der Waals surface area contributed by atoms with Crippen LogP contribution in [0, 0.1) is 5.41 Å². The molecule has 178 valence electrons. The Morgan fingerprint density at radius 3 is 1.10 bits per heavy atom. The van der Waals surface area contributed by atoms with E-state index in [1.807, 2.05) is 4.90 Å². The van der Waals surface area contributed by atoms with Crippen molar-refractivity contribution in [3.05, 3.63) is 0 Å². The highest BCUT2D eigenvalue weighted by Gasteiger charge is 2.10. The van der Waals surface area contributed by atoms with Crippen LogP contribution in [-0.4, -0.2) is 19.6 Å². The van der Waals surface area contributed by atoms with Gasteiger partial charge in [-0.1, -0.05) is 105 Å². The summed E-state index contributed by atoms with van der Waals surface area (Å²) in [6.45, 7) is 16.1. The van der Waals surface area contributed by atoms with Gasteiger partial charge in [0.1, 0.15) is 0 Å². The van der Waals surface area contributed by atoms with E-state index < -0.39 is 0 Å². The van der Waals surface area contributed by atoms with E-state index in [0.29, 0.717) is 5.41 Å². The highest BCUT2D eigenvalue weighted by molar-refractivity contribution is 4.61. The first-order valence-electron chi connectivity index (χ1n) is 13.3. The molecule has 0 saturated carbocycles. The van der Waals surface area contributed by atoms with Crippen LogP contribution in [0.25, 0.3) is 0 Å². The first kappa shape index (κ1) is 31.4. The average molecular weight is 432 g/mol. The normalized spacial score (nSPS) is 11.8. The molecule has 0 atom stereocenters. The van der Waals surface area contributed by atoms with E-state index in [1.54, 1.807) is 0 Å². The molecule has 1 N–H and O–H groups in total. The van der Waals surface area contributed by atoms with Crippen molar-refractivity contribution < 1.29 is 17.3 Å². The minimum Gasteiger partial charge on any atom is -1.00 e. The van der Waals surface area contributed by atoms with Crippen LogP contribution < -0.4 is 17.3 Å². The summed E-state index contributed by atoms with van der Waals surface area (Å²) >= 11 is 0. The van der Waals surface area contributed by atoms with Gasteiger partial charge in [-0.05, 0) is 50.4 Å². The van der Waals surface area contributed by atoms with Crippen molar-refractivity contribution in [1.29, 1.82) is 0 Å². The number of hydrogen-bond donors (Lipinski definition) is 1. The van der Waals surface area contributed by atoms with E-state index in [-0.39, 0.29) is 12.4 Å². The van der Waals surface area contributed by atoms with E-state index in [0.717, 1.165) is 0 Å². The van der Waals surface area contributed by atoms with Gasteiger partial charge < -0.3 is 17.3 Å². The lowest BCUT2D eigenvalue weighted by Gasteiger charge is -2.20. The zero-order valence-electron chi connectivity index (χ0n) is 21.2. The third kappa shape index (κ3) is 26.2. The minimum absolute atomic E-state index is 0. The molecule has 0 aromatic heterocycles. The predicted octanol–water partition coefficient (Wildman–Crippen LogP) is 4.98. The minimum atomic E-state index is 0. The molecule has 29 heavy (non-hydrogen) atoms. The maximum Gasteiger partial charge on any atom is 0.0770 e. The smallest absolute Gasteiger partial charge is 0.0770 e. The van der Waals surface area contributed by atoms with E-state index in [4.69, 9.17) is 0 Å². The summed E-state index contributed by atoms with van der Waals surface area (Å²) in [5.41, 5.74) is 0.523. The topological polar surface area (TPSA) is 4.44 Å². The van der Waals surface area contributed by atoms with Gasteiger partial charge in [0.25, 0.3) is 0 Å². The standard InChI is InChI=1S/C27H57N.ClH/c1-6-8-10-12-16-20-24-28(25-21-17-13-11-9-7-2)26-22-18-14-15-19-23-27(3,4)5;/h6-26H2,1-5H3;1H. The molecule has 2 heteroatoms. The first-order chi connectivity index (χ1) is 13.5. The summed E-state index contributed by atoms with van der Waals surface area (Å²) < 4.78 is 0. The second-order valence-electron chi connectivity index (χ2n) is 10.6.